The van der Waals surface area contributed by atoms with Gasteiger partial charge in [0.15, 0.2) is 0 Å². The van der Waals surface area contributed by atoms with Crippen LogP contribution in [0.25, 0.3) is 21.8 Å². The third kappa shape index (κ3) is 3.57. The van der Waals surface area contributed by atoms with Gasteiger partial charge in [-0.1, -0.05) is 24.3 Å². The number of fused-ring (bicyclic) bond motifs is 2. The maximum Gasteiger partial charge on any atom is 0.240 e. The van der Waals surface area contributed by atoms with Gasteiger partial charge >= 0.3 is 0 Å². The number of aryl methyl sites for hydroxylation is 2. The number of nitrogens with one attached hydrogen (secondary N) is 2. The molecule has 29 heavy (non-hydrogen) atoms. The molecule has 2 heterocycles. The fourth-order valence-electron chi connectivity index (χ4n) is 4.01. The molecule has 0 saturated carbocycles. The van der Waals surface area contributed by atoms with Crippen LogP contribution < -0.4 is 4.72 Å². The summed E-state index contributed by atoms with van der Waals surface area (Å²) in [6.45, 7) is 2.38. The quantitative estimate of drug-likeness (QED) is 0.511. The number of sulfonamides is 1. The van der Waals surface area contributed by atoms with Crippen molar-refractivity contribution in [3.63, 3.8) is 0 Å². The van der Waals surface area contributed by atoms with Crippen LogP contribution in [0.15, 0.2) is 59.8 Å². The smallest absolute Gasteiger partial charge is 0.240 e. The van der Waals surface area contributed by atoms with E-state index in [1.165, 1.54) is 11.1 Å². The lowest BCUT2D eigenvalue weighted by atomic mass is 10.0. The number of H-pyrrole nitrogens is 1. The number of hydrogen-bond donors (Lipinski definition) is 2. The van der Waals surface area contributed by atoms with Gasteiger partial charge in [-0.25, -0.2) is 13.1 Å². The molecule has 2 aromatic carbocycles. The van der Waals surface area contributed by atoms with Crippen LogP contribution >= 0.6 is 0 Å². The third-order valence-corrected chi connectivity index (χ3v) is 6.94. The van der Waals surface area contributed by atoms with Crippen molar-refractivity contribution in [3.8, 4) is 0 Å². The zero-order valence-corrected chi connectivity index (χ0v) is 17.9. The maximum atomic E-state index is 12.9. The Bertz CT molecular complexity index is 1280. The first kappa shape index (κ1) is 19.7. The van der Waals surface area contributed by atoms with Crippen molar-refractivity contribution in [2.24, 2.45) is 7.05 Å². The van der Waals surface area contributed by atoms with E-state index in [1.54, 1.807) is 18.3 Å². The fourth-order valence-corrected chi connectivity index (χ4v) is 5.07. The Labute approximate surface area is 171 Å². The van der Waals surface area contributed by atoms with Crippen molar-refractivity contribution in [2.75, 3.05) is 20.6 Å². The highest BCUT2D eigenvalue weighted by Gasteiger charge is 2.23. The second kappa shape index (κ2) is 7.33. The third-order valence-electron chi connectivity index (χ3n) is 5.52. The van der Waals surface area contributed by atoms with Gasteiger partial charge < -0.3 is 14.5 Å². The number of nitrogens with zero attached hydrogens (tertiary/aromatic N) is 2. The summed E-state index contributed by atoms with van der Waals surface area (Å²) in [4.78, 5) is 5.38. The number of aromatic nitrogens is 2. The summed E-state index contributed by atoms with van der Waals surface area (Å²) < 4.78 is 30.8. The molecule has 0 amide bonds. The molecule has 0 saturated heterocycles. The van der Waals surface area contributed by atoms with E-state index >= 15 is 0 Å². The van der Waals surface area contributed by atoms with Crippen LogP contribution in [0.5, 0.6) is 0 Å². The zero-order chi connectivity index (χ0) is 20.8. The van der Waals surface area contributed by atoms with Gasteiger partial charge in [0.2, 0.25) is 10.0 Å². The Morgan fingerprint density at radius 3 is 2.72 bits per heavy atom. The summed E-state index contributed by atoms with van der Waals surface area (Å²) in [5, 5.41) is 2.14. The minimum Gasteiger partial charge on any atom is -0.361 e. The van der Waals surface area contributed by atoms with Crippen molar-refractivity contribution >= 4 is 31.8 Å². The van der Waals surface area contributed by atoms with Gasteiger partial charge in [-0.2, -0.15) is 0 Å². The summed E-state index contributed by atoms with van der Waals surface area (Å²) in [6, 6.07) is 13.2. The van der Waals surface area contributed by atoms with Crippen LogP contribution in [0, 0.1) is 6.92 Å². The van der Waals surface area contributed by atoms with Crippen LogP contribution in [-0.2, 0) is 17.1 Å². The predicted molar refractivity (Wildman–Crippen MR) is 118 cm³/mol. The molecule has 7 heteroatoms. The molecule has 1 unspecified atom stereocenters. The molecule has 6 nitrogen and oxygen atoms in total. The molecule has 0 bridgehead atoms. The number of rotatable bonds is 6. The summed E-state index contributed by atoms with van der Waals surface area (Å²) in [5.74, 6) is 0. The van der Waals surface area contributed by atoms with E-state index in [4.69, 9.17) is 0 Å². The largest absolute Gasteiger partial charge is 0.361 e. The van der Waals surface area contributed by atoms with E-state index in [0.29, 0.717) is 0 Å². The highest BCUT2D eigenvalue weighted by molar-refractivity contribution is 7.89. The minimum atomic E-state index is -3.62. The van der Waals surface area contributed by atoms with E-state index in [0.717, 1.165) is 21.9 Å². The first-order chi connectivity index (χ1) is 13.8. The Kier molecular flexibility index (Phi) is 4.98. The first-order valence-corrected chi connectivity index (χ1v) is 11.0. The topological polar surface area (TPSA) is 70.1 Å². The highest BCUT2D eigenvalue weighted by Crippen LogP contribution is 2.30. The number of hydrogen-bond acceptors (Lipinski definition) is 3. The van der Waals surface area contributed by atoms with Gasteiger partial charge in [0.05, 0.1) is 10.4 Å². The van der Waals surface area contributed by atoms with Gasteiger partial charge in [-0.3, -0.25) is 0 Å². The number of likely N-dealkylation sites (N-methyl/N-ethyl adjacent to an activating group) is 1. The van der Waals surface area contributed by atoms with Crippen LogP contribution in [0.3, 0.4) is 0 Å². The van der Waals surface area contributed by atoms with E-state index in [9.17, 15) is 8.42 Å². The van der Waals surface area contributed by atoms with Crippen molar-refractivity contribution in [1.82, 2.24) is 19.2 Å². The molecule has 0 radical (unpaired) electrons. The van der Waals surface area contributed by atoms with Gasteiger partial charge in [-0.15, -0.1) is 0 Å². The minimum absolute atomic E-state index is 0.0931. The maximum absolute atomic E-state index is 12.9. The van der Waals surface area contributed by atoms with E-state index < -0.39 is 10.0 Å². The first-order valence-electron chi connectivity index (χ1n) is 9.56. The molecule has 4 aromatic rings. The molecule has 0 fully saturated rings. The molecule has 0 aliphatic rings. The van der Waals surface area contributed by atoms with E-state index in [2.05, 4.69) is 39.5 Å². The average Bonchev–Trinajstić information content (AvgIpc) is 3.26. The Balaban J connectivity index is 1.65. The van der Waals surface area contributed by atoms with Crippen molar-refractivity contribution < 1.29 is 8.42 Å². The van der Waals surface area contributed by atoms with Crippen LogP contribution in [0.4, 0.5) is 0 Å². The molecule has 1 atom stereocenters. The van der Waals surface area contributed by atoms with Crippen molar-refractivity contribution in [3.05, 3.63) is 66.0 Å². The van der Waals surface area contributed by atoms with Crippen molar-refractivity contribution in [1.29, 1.82) is 0 Å². The lowest BCUT2D eigenvalue weighted by molar-refractivity contribution is 0.301. The molecule has 152 valence electrons. The number of aromatic amines is 1. The zero-order valence-electron chi connectivity index (χ0n) is 17.1. The van der Waals surface area contributed by atoms with E-state index in [1.807, 2.05) is 44.2 Å². The molecule has 0 aliphatic carbocycles. The Hall–Kier alpha value is -2.61. The predicted octanol–water partition coefficient (Wildman–Crippen LogP) is 3.55. The van der Waals surface area contributed by atoms with Gasteiger partial charge in [0.1, 0.15) is 0 Å². The van der Waals surface area contributed by atoms with E-state index in [-0.39, 0.29) is 17.5 Å². The Morgan fingerprint density at radius 2 is 1.97 bits per heavy atom. The molecule has 2 aromatic heterocycles. The van der Waals surface area contributed by atoms with Gasteiger partial charge in [-0.05, 0) is 55.7 Å². The average molecular weight is 411 g/mol. The van der Waals surface area contributed by atoms with Crippen molar-refractivity contribution in [2.45, 2.75) is 17.9 Å². The lowest BCUT2D eigenvalue weighted by Crippen LogP contribution is -2.34. The molecule has 0 spiro atoms. The molecular weight excluding hydrogens is 384 g/mol. The highest BCUT2D eigenvalue weighted by atomic mass is 32.2. The normalized spacial score (nSPS) is 13.6. The molecule has 2 N–H and O–H groups in total. The molecular formula is C22H26N4O2S. The van der Waals surface area contributed by atoms with Crippen LogP contribution in [-0.4, -0.2) is 43.5 Å². The summed E-state index contributed by atoms with van der Waals surface area (Å²) >= 11 is 0. The summed E-state index contributed by atoms with van der Waals surface area (Å²) in [6.07, 6.45) is 3.90. The Morgan fingerprint density at radius 1 is 1.17 bits per heavy atom. The van der Waals surface area contributed by atoms with Gasteiger partial charge in [0, 0.05) is 42.9 Å². The lowest BCUT2D eigenvalue weighted by Gasteiger charge is -2.24. The molecule has 0 aliphatic heterocycles. The molecule has 4 rings (SSSR count). The summed E-state index contributed by atoms with van der Waals surface area (Å²) in [7, 11) is 2.35. The number of para-hydroxylation sites is 1. The second-order valence-electron chi connectivity index (χ2n) is 7.72. The second-order valence-corrected chi connectivity index (χ2v) is 9.49. The van der Waals surface area contributed by atoms with Gasteiger partial charge in [0.25, 0.3) is 0 Å². The standard InChI is InChI=1S/C22H26N4O2S/c1-15-6-5-7-18-19(14-26(4)22(15)18)21(25(2)3)13-24-29(27,28)17-9-8-16-10-11-23-20(16)12-17/h5-12,14,21,23-24H,13H2,1-4H3. The number of benzene rings is 2. The SMILES string of the molecule is Cc1cccc2c(C(CNS(=O)(=O)c3ccc4cc[nH]c4c3)N(C)C)cn(C)c12. The van der Waals surface area contributed by atoms with Crippen LogP contribution in [0.1, 0.15) is 17.2 Å². The summed E-state index contributed by atoms with van der Waals surface area (Å²) in [5.41, 5.74) is 4.29. The van der Waals surface area contributed by atoms with Crippen LogP contribution in [0.2, 0.25) is 0 Å². The fraction of sp³-hybridized carbons (Fsp3) is 0.273. The monoisotopic (exact) mass is 410 g/mol.